The lowest BCUT2D eigenvalue weighted by molar-refractivity contribution is -0.131. The van der Waals surface area contributed by atoms with Crippen molar-refractivity contribution < 1.29 is 18.8 Å². The van der Waals surface area contributed by atoms with Crippen molar-refractivity contribution in [1.82, 2.24) is 20.3 Å². The molecule has 8 nitrogen and oxygen atoms in total. The topological polar surface area (TPSA) is 93.5 Å². The molecule has 29 heavy (non-hydrogen) atoms. The van der Waals surface area contributed by atoms with Crippen LogP contribution in [0.5, 0.6) is 11.5 Å². The van der Waals surface area contributed by atoms with Crippen molar-refractivity contribution in [2.24, 2.45) is 0 Å². The second-order valence-electron chi connectivity index (χ2n) is 7.14. The van der Waals surface area contributed by atoms with E-state index in [9.17, 15) is 4.79 Å². The van der Waals surface area contributed by atoms with Crippen LogP contribution in [0.25, 0.3) is 11.3 Å². The Morgan fingerprint density at radius 2 is 2.10 bits per heavy atom. The van der Waals surface area contributed by atoms with E-state index >= 15 is 0 Å². The molecule has 1 aliphatic heterocycles. The van der Waals surface area contributed by atoms with E-state index in [1.807, 2.05) is 36.1 Å². The van der Waals surface area contributed by atoms with Gasteiger partial charge < -0.3 is 18.9 Å². The SMILES string of the molecule is COc1ccc(CC(=O)N2CCC[C@@H]2c2[nH]ncc2-c2cc(C)no2)cc1OC. The highest BCUT2D eigenvalue weighted by Gasteiger charge is 2.33. The highest BCUT2D eigenvalue weighted by Crippen LogP contribution is 2.37. The summed E-state index contributed by atoms with van der Waals surface area (Å²) in [5.41, 5.74) is 3.43. The van der Waals surface area contributed by atoms with Crippen molar-refractivity contribution >= 4 is 5.91 Å². The fraction of sp³-hybridized carbons (Fsp3) is 0.381. The van der Waals surface area contributed by atoms with Crippen molar-refractivity contribution in [3.05, 3.63) is 47.4 Å². The Balaban J connectivity index is 1.55. The second-order valence-corrected chi connectivity index (χ2v) is 7.14. The largest absolute Gasteiger partial charge is 0.493 e. The number of aryl methyl sites for hydroxylation is 1. The molecular weight excluding hydrogens is 372 g/mol. The molecule has 1 saturated heterocycles. The van der Waals surface area contributed by atoms with E-state index in [-0.39, 0.29) is 11.9 Å². The molecule has 2 aromatic heterocycles. The van der Waals surface area contributed by atoms with E-state index < -0.39 is 0 Å². The molecule has 0 radical (unpaired) electrons. The quantitative estimate of drug-likeness (QED) is 0.687. The molecule has 0 spiro atoms. The number of aromatic nitrogens is 3. The average molecular weight is 396 g/mol. The van der Waals surface area contributed by atoms with Crippen LogP contribution < -0.4 is 9.47 Å². The third-order valence-electron chi connectivity index (χ3n) is 5.27. The maximum absolute atomic E-state index is 13.1. The Kier molecular flexibility index (Phi) is 5.24. The number of likely N-dealkylation sites (tertiary alicyclic amines) is 1. The number of hydrogen-bond acceptors (Lipinski definition) is 6. The Morgan fingerprint density at radius 3 is 2.83 bits per heavy atom. The molecule has 8 heteroatoms. The summed E-state index contributed by atoms with van der Waals surface area (Å²) in [6, 6.07) is 7.37. The van der Waals surface area contributed by atoms with Crippen LogP contribution in [0.2, 0.25) is 0 Å². The van der Waals surface area contributed by atoms with Crippen molar-refractivity contribution in [1.29, 1.82) is 0 Å². The van der Waals surface area contributed by atoms with E-state index in [0.29, 0.717) is 30.2 Å². The summed E-state index contributed by atoms with van der Waals surface area (Å²) in [6.45, 7) is 2.59. The Labute approximate surface area is 168 Å². The lowest BCUT2D eigenvalue weighted by Crippen LogP contribution is -2.32. The van der Waals surface area contributed by atoms with Crippen molar-refractivity contribution in [3.8, 4) is 22.8 Å². The third kappa shape index (κ3) is 3.70. The van der Waals surface area contributed by atoms with Crippen LogP contribution in [-0.4, -0.2) is 46.9 Å². The van der Waals surface area contributed by atoms with Crippen LogP contribution in [0.1, 0.15) is 35.8 Å². The number of nitrogens with one attached hydrogen (secondary N) is 1. The summed E-state index contributed by atoms with van der Waals surface area (Å²) < 4.78 is 16.0. The fourth-order valence-corrected chi connectivity index (χ4v) is 3.87. The maximum atomic E-state index is 13.1. The zero-order valence-electron chi connectivity index (χ0n) is 16.8. The molecule has 0 aliphatic carbocycles. The summed E-state index contributed by atoms with van der Waals surface area (Å²) in [6.07, 6.45) is 3.84. The van der Waals surface area contributed by atoms with Gasteiger partial charge in [-0.3, -0.25) is 9.89 Å². The number of nitrogens with zero attached hydrogens (tertiary/aromatic N) is 3. The number of amides is 1. The van der Waals surface area contributed by atoms with Crippen molar-refractivity contribution in [2.75, 3.05) is 20.8 Å². The standard InChI is InChI=1S/C21H24N4O4/c1-13-9-18(29-24-13)15-12-22-23-21(15)16-5-4-8-25(16)20(26)11-14-6-7-17(27-2)19(10-14)28-3/h6-7,9-10,12,16H,4-5,8,11H2,1-3H3,(H,22,23)/t16-/m1/s1. The van der Waals surface area contributed by atoms with Crippen molar-refractivity contribution in [2.45, 2.75) is 32.2 Å². The van der Waals surface area contributed by atoms with Gasteiger partial charge in [-0.15, -0.1) is 0 Å². The number of carbonyl (C=O) groups is 1. The van der Waals surface area contributed by atoms with Crippen LogP contribution in [-0.2, 0) is 11.2 Å². The van der Waals surface area contributed by atoms with Crippen LogP contribution >= 0.6 is 0 Å². The minimum Gasteiger partial charge on any atom is -0.493 e. The zero-order valence-corrected chi connectivity index (χ0v) is 16.8. The molecule has 3 aromatic rings. The molecule has 4 rings (SSSR count). The minimum absolute atomic E-state index is 0.0639. The summed E-state index contributed by atoms with van der Waals surface area (Å²) >= 11 is 0. The van der Waals surface area contributed by atoms with Crippen LogP contribution in [0.3, 0.4) is 0 Å². The lowest BCUT2D eigenvalue weighted by Gasteiger charge is -2.24. The number of methoxy groups -OCH3 is 2. The van der Waals surface area contributed by atoms with Gasteiger partial charge in [-0.25, -0.2) is 0 Å². The van der Waals surface area contributed by atoms with Gasteiger partial charge in [-0.1, -0.05) is 11.2 Å². The van der Waals surface area contributed by atoms with E-state index in [2.05, 4.69) is 15.4 Å². The number of ether oxygens (including phenoxy) is 2. The summed E-state index contributed by atoms with van der Waals surface area (Å²) in [5.74, 6) is 1.99. The van der Waals surface area contributed by atoms with Gasteiger partial charge in [0.1, 0.15) is 0 Å². The molecule has 1 amide bonds. The molecule has 3 heterocycles. The molecule has 1 aromatic carbocycles. The first-order valence-corrected chi connectivity index (χ1v) is 9.58. The average Bonchev–Trinajstić information content (AvgIpc) is 3.47. The first kappa shape index (κ1) is 19.0. The van der Waals surface area contributed by atoms with E-state index in [1.165, 1.54) is 0 Å². The van der Waals surface area contributed by atoms with Gasteiger partial charge >= 0.3 is 0 Å². The van der Waals surface area contributed by atoms with Gasteiger partial charge in [-0.2, -0.15) is 5.10 Å². The second kappa shape index (κ2) is 7.98. The smallest absolute Gasteiger partial charge is 0.227 e. The normalized spacial score (nSPS) is 16.2. The fourth-order valence-electron chi connectivity index (χ4n) is 3.87. The maximum Gasteiger partial charge on any atom is 0.227 e. The minimum atomic E-state index is -0.0643. The first-order chi connectivity index (χ1) is 14.1. The van der Waals surface area contributed by atoms with Gasteiger partial charge in [0.25, 0.3) is 0 Å². The Bertz CT molecular complexity index is 1010. The summed E-state index contributed by atoms with van der Waals surface area (Å²) in [7, 11) is 3.18. The highest BCUT2D eigenvalue weighted by molar-refractivity contribution is 5.80. The number of aromatic amines is 1. The van der Waals surface area contributed by atoms with Gasteiger partial charge in [0.15, 0.2) is 17.3 Å². The first-order valence-electron chi connectivity index (χ1n) is 9.58. The lowest BCUT2D eigenvalue weighted by atomic mass is 10.0. The van der Waals surface area contributed by atoms with Gasteiger partial charge in [-0.05, 0) is 37.5 Å². The Hall–Kier alpha value is -3.29. The van der Waals surface area contributed by atoms with E-state index in [1.54, 1.807) is 20.4 Å². The highest BCUT2D eigenvalue weighted by atomic mass is 16.5. The van der Waals surface area contributed by atoms with E-state index in [0.717, 1.165) is 35.4 Å². The van der Waals surface area contributed by atoms with Gasteiger partial charge in [0.2, 0.25) is 5.91 Å². The zero-order chi connectivity index (χ0) is 20.4. The predicted octanol–water partition coefficient (Wildman–Crippen LogP) is 3.30. The van der Waals surface area contributed by atoms with Crippen molar-refractivity contribution in [3.63, 3.8) is 0 Å². The number of carbonyl (C=O) groups excluding carboxylic acids is 1. The molecular formula is C21H24N4O4. The number of benzene rings is 1. The summed E-state index contributed by atoms with van der Waals surface area (Å²) in [4.78, 5) is 15.0. The monoisotopic (exact) mass is 396 g/mol. The molecule has 1 aliphatic rings. The molecule has 152 valence electrons. The molecule has 1 fully saturated rings. The molecule has 0 bridgehead atoms. The molecule has 0 saturated carbocycles. The number of hydrogen-bond donors (Lipinski definition) is 1. The van der Waals surface area contributed by atoms with Gasteiger partial charge in [0, 0.05) is 12.6 Å². The van der Waals surface area contributed by atoms with Gasteiger partial charge in [0.05, 0.1) is 49.8 Å². The molecule has 1 N–H and O–H groups in total. The Morgan fingerprint density at radius 1 is 1.28 bits per heavy atom. The van der Waals surface area contributed by atoms with Crippen LogP contribution in [0.4, 0.5) is 0 Å². The number of H-pyrrole nitrogens is 1. The third-order valence-corrected chi connectivity index (χ3v) is 5.27. The molecule has 1 atom stereocenters. The van der Waals surface area contributed by atoms with Crippen LogP contribution in [0, 0.1) is 6.92 Å². The van der Waals surface area contributed by atoms with E-state index in [4.69, 9.17) is 14.0 Å². The number of rotatable bonds is 6. The van der Waals surface area contributed by atoms with Crippen LogP contribution in [0.15, 0.2) is 35.0 Å². The molecule has 0 unspecified atom stereocenters. The predicted molar refractivity (Wildman–Crippen MR) is 106 cm³/mol. The summed E-state index contributed by atoms with van der Waals surface area (Å²) in [5, 5.41) is 11.2.